The summed E-state index contributed by atoms with van der Waals surface area (Å²) in [6, 6.07) is 5.76. The van der Waals surface area contributed by atoms with Crippen molar-refractivity contribution in [1.82, 2.24) is 14.6 Å². The molecule has 3 aromatic rings. The molecule has 0 aliphatic heterocycles. The second-order valence-corrected chi connectivity index (χ2v) is 5.13. The molecule has 2 N–H and O–H groups in total. The standard InChI is InChI=1S/C11H9ClN4S/c12-7-4-9(13)11-14-10(15-16(11)6-7)5-8-2-1-3-17-8/h1-4,6H,5,13H2. The second-order valence-electron chi connectivity index (χ2n) is 3.67. The van der Waals surface area contributed by atoms with Crippen molar-refractivity contribution in [2.45, 2.75) is 6.42 Å². The topological polar surface area (TPSA) is 56.2 Å². The lowest BCUT2D eigenvalue weighted by Crippen LogP contribution is -1.93. The number of thiophene rings is 1. The summed E-state index contributed by atoms with van der Waals surface area (Å²) in [5.74, 6) is 0.751. The molecular weight excluding hydrogens is 256 g/mol. The highest BCUT2D eigenvalue weighted by molar-refractivity contribution is 7.09. The first kappa shape index (κ1) is 10.6. The van der Waals surface area contributed by atoms with Gasteiger partial charge in [-0.05, 0) is 17.5 Å². The van der Waals surface area contributed by atoms with Crippen LogP contribution in [0.4, 0.5) is 5.69 Å². The summed E-state index contributed by atoms with van der Waals surface area (Å²) in [6.45, 7) is 0. The van der Waals surface area contributed by atoms with Crippen molar-refractivity contribution in [1.29, 1.82) is 0 Å². The number of nitrogens with zero attached hydrogens (tertiary/aromatic N) is 3. The van der Waals surface area contributed by atoms with Gasteiger partial charge in [0.05, 0.1) is 10.7 Å². The smallest absolute Gasteiger partial charge is 0.178 e. The number of nitrogen functional groups attached to an aromatic ring is 1. The van der Waals surface area contributed by atoms with Crippen LogP contribution in [-0.2, 0) is 6.42 Å². The zero-order valence-electron chi connectivity index (χ0n) is 8.80. The Morgan fingerprint density at radius 3 is 3.12 bits per heavy atom. The van der Waals surface area contributed by atoms with E-state index < -0.39 is 0 Å². The third-order valence-electron chi connectivity index (χ3n) is 2.38. The Balaban J connectivity index is 2.05. The summed E-state index contributed by atoms with van der Waals surface area (Å²) in [6.07, 6.45) is 2.43. The van der Waals surface area contributed by atoms with Crippen LogP contribution in [0.3, 0.4) is 0 Å². The van der Waals surface area contributed by atoms with Crippen molar-refractivity contribution >= 4 is 34.3 Å². The Morgan fingerprint density at radius 2 is 2.35 bits per heavy atom. The zero-order valence-corrected chi connectivity index (χ0v) is 10.4. The molecule has 0 bridgehead atoms. The third kappa shape index (κ3) is 1.99. The van der Waals surface area contributed by atoms with E-state index >= 15 is 0 Å². The quantitative estimate of drug-likeness (QED) is 0.774. The van der Waals surface area contributed by atoms with E-state index in [2.05, 4.69) is 16.1 Å². The van der Waals surface area contributed by atoms with Gasteiger partial charge in [0, 0.05) is 17.5 Å². The van der Waals surface area contributed by atoms with Gasteiger partial charge in [0.1, 0.15) is 0 Å². The fourth-order valence-electron chi connectivity index (χ4n) is 1.67. The number of rotatable bonds is 2. The van der Waals surface area contributed by atoms with Gasteiger partial charge in [0.2, 0.25) is 0 Å². The van der Waals surface area contributed by atoms with Crippen LogP contribution < -0.4 is 5.73 Å². The van der Waals surface area contributed by atoms with Gasteiger partial charge >= 0.3 is 0 Å². The monoisotopic (exact) mass is 264 g/mol. The lowest BCUT2D eigenvalue weighted by atomic mass is 10.3. The molecule has 0 unspecified atom stereocenters. The Labute approximate surface area is 107 Å². The molecule has 3 heterocycles. The van der Waals surface area contributed by atoms with E-state index in [1.165, 1.54) is 4.88 Å². The minimum atomic E-state index is 0.544. The van der Waals surface area contributed by atoms with Crippen molar-refractivity contribution in [2.24, 2.45) is 0 Å². The Hall–Kier alpha value is -1.59. The van der Waals surface area contributed by atoms with E-state index in [4.69, 9.17) is 17.3 Å². The van der Waals surface area contributed by atoms with Crippen molar-refractivity contribution in [3.8, 4) is 0 Å². The maximum absolute atomic E-state index is 5.91. The van der Waals surface area contributed by atoms with Crippen LogP contribution in [0.5, 0.6) is 0 Å². The molecule has 3 rings (SSSR count). The summed E-state index contributed by atoms with van der Waals surface area (Å²) in [5.41, 5.74) is 7.04. The van der Waals surface area contributed by atoms with Crippen molar-refractivity contribution in [3.05, 3.63) is 45.5 Å². The molecule has 17 heavy (non-hydrogen) atoms. The predicted octanol–water partition coefficient (Wildman–Crippen LogP) is 2.62. The van der Waals surface area contributed by atoms with Gasteiger partial charge in [-0.25, -0.2) is 9.50 Å². The second kappa shape index (κ2) is 4.01. The van der Waals surface area contributed by atoms with Gasteiger partial charge in [-0.1, -0.05) is 17.7 Å². The first-order chi connectivity index (χ1) is 8.22. The summed E-state index contributed by atoms with van der Waals surface area (Å²) >= 11 is 7.60. The number of anilines is 1. The highest BCUT2D eigenvalue weighted by Crippen LogP contribution is 2.19. The molecule has 86 valence electrons. The molecule has 0 atom stereocenters. The number of nitrogens with two attached hydrogens (primary N) is 1. The van der Waals surface area contributed by atoms with E-state index in [1.807, 2.05) is 11.4 Å². The summed E-state index contributed by atoms with van der Waals surface area (Å²) in [7, 11) is 0. The van der Waals surface area contributed by atoms with Crippen molar-refractivity contribution in [2.75, 3.05) is 5.73 Å². The van der Waals surface area contributed by atoms with Crippen LogP contribution in [0, 0.1) is 0 Å². The predicted molar refractivity (Wildman–Crippen MR) is 69.5 cm³/mol. The molecule has 0 saturated heterocycles. The minimum absolute atomic E-state index is 0.544. The Kier molecular flexibility index (Phi) is 2.49. The number of hydrogen-bond donors (Lipinski definition) is 1. The lowest BCUT2D eigenvalue weighted by molar-refractivity contribution is 0.905. The fraction of sp³-hybridized carbons (Fsp3) is 0.0909. The maximum atomic E-state index is 5.91. The highest BCUT2D eigenvalue weighted by atomic mass is 35.5. The SMILES string of the molecule is Nc1cc(Cl)cn2nc(Cc3cccs3)nc12. The number of halogens is 1. The number of pyridine rings is 1. The molecule has 0 aliphatic rings. The zero-order chi connectivity index (χ0) is 11.8. The van der Waals surface area contributed by atoms with Crippen LogP contribution in [0.1, 0.15) is 10.7 Å². The summed E-state index contributed by atoms with van der Waals surface area (Å²) in [5, 5.41) is 6.95. The molecule has 0 aromatic carbocycles. The molecule has 0 radical (unpaired) electrons. The molecule has 0 fully saturated rings. The lowest BCUT2D eigenvalue weighted by Gasteiger charge is -1.95. The first-order valence-corrected chi connectivity index (χ1v) is 6.31. The van der Waals surface area contributed by atoms with Gasteiger partial charge in [0.25, 0.3) is 0 Å². The van der Waals surface area contributed by atoms with E-state index in [1.54, 1.807) is 28.1 Å². The molecule has 6 heteroatoms. The molecule has 0 saturated carbocycles. The Bertz CT molecular complexity index is 659. The molecule has 0 amide bonds. The number of hydrogen-bond acceptors (Lipinski definition) is 4. The van der Waals surface area contributed by atoms with Crippen molar-refractivity contribution < 1.29 is 0 Å². The van der Waals surface area contributed by atoms with Crippen molar-refractivity contribution in [3.63, 3.8) is 0 Å². The average Bonchev–Trinajstić information content (AvgIpc) is 2.87. The normalized spacial score (nSPS) is 11.1. The van der Waals surface area contributed by atoms with Crippen LogP contribution in [0.2, 0.25) is 5.02 Å². The number of fused-ring (bicyclic) bond motifs is 1. The Morgan fingerprint density at radius 1 is 1.47 bits per heavy atom. The largest absolute Gasteiger partial charge is 0.396 e. The summed E-state index contributed by atoms with van der Waals surface area (Å²) < 4.78 is 1.63. The molecule has 4 nitrogen and oxygen atoms in total. The van der Waals surface area contributed by atoms with Gasteiger partial charge in [-0.2, -0.15) is 5.10 Å². The fourth-order valence-corrected chi connectivity index (χ4v) is 2.58. The van der Waals surface area contributed by atoms with Crippen LogP contribution in [-0.4, -0.2) is 14.6 Å². The van der Waals surface area contributed by atoms with Gasteiger partial charge in [-0.3, -0.25) is 0 Å². The van der Waals surface area contributed by atoms with Gasteiger partial charge in [0.15, 0.2) is 11.5 Å². The van der Waals surface area contributed by atoms with Crippen LogP contribution in [0.15, 0.2) is 29.8 Å². The van der Waals surface area contributed by atoms with E-state index in [-0.39, 0.29) is 0 Å². The summed E-state index contributed by atoms with van der Waals surface area (Å²) in [4.78, 5) is 5.63. The highest BCUT2D eigenvalue weighted by Gasteiger charge is 2.08. The minimum Gasteiger partial charge on any atom is -0.396 e. The molecule has 0 spiro atoms. The van der Waals surface area contributed by atoms with E-state index in [0.29, 0.717) is 16.4 Å². The van der Waals surface area contributed by atoms with Crippen LogP contribution in [0.25, 0.3) is 5.65 Å². The van der Waals surface area contributed by atoms with E-state index in [9.17, 15) is 0 Å². The first-order valence-electron chi connectivity index (χ1n) is 5.05. The van der Waals surface area contributed by atoms with Gasteiger partial charge < -0.3 is 5.73 Å². The molecule has 0 aliphatic carbocycles. The van der Waals surface area contributed by atoms with Crippen LogP contribution >= 0.6 is 22.9 Å². The average molecular weight is 265 g/mol. The number of aromatic nitrogens is 3. The van der Waals surface area contributed by atoms with E-state index in [0.717, 1.165) is 12.2 Å². The molecular formula is C11H9ClN4S. The van der Waals surface area contributed by atoms with Gasteiger partial charge in [-0.15, -0.1) is 11.3 Å². The maximum Gasteiger partial charge on any atom is 0.178 e. The molecule has 3 aromatic heterocycles. The third-order valence-corrected chi connectivity index (χ3v) is 3.47.